The molecule has 0 saturated heterocycles. The van der Waals surface area contributed by atoms with E-state index in [2.05, 4.69) is 0 Å². The Labute approximate surface area is 157 Å². The summed E-state index contributed by atoms with van der Waals surface area (Å²) in [6, 6.07) is 6.38. The largest absolute Gasteiger partial charge is 0.454 e. The predicted molar refractivity (Wildman–Crippen MR) is 101 cm³/mol. The molecular weight excluding hydrogens is 356 g/mol. The lowest BCUT2D eigenvalue weighted by atomic mass is 10.1. The number of esters is 1. The number of ether oxygens (including phenoxy) is 2. The highest BCUT2D eigenvalue weighted by Gasteiger charge is 2.20. The molecule has 140 valence electrons. The van der Waals surface area contributed by atoms with Crippen LogP contribution in [-0.2, 0) is 9.47 Å². The van der Waals surface area contributed by atoms with Crippen molar-refractivity contribution in [2.45, 2.75) is 26.8 Å². The molecule has 6 nitrogen and oxygen atoms in total. The van der Waals surface area contributed by atoms with E-state index in [0.29, 0.717) is 17.2 Å². The van der Waals surface area contributed by atoms with E-state index in [1.807, 2.05) is 25.3 Å². The van der Waals surface area contributed by atoms with Crippen LogP contribution in [0.2, 0.25) is 5.02 Å². The molecule has 0 aliphatic heterocycles. The Kier molecular flexibility index (Phi) is 6.45. The molecule has 0 radical (unpaired) electrons. The zero-order valence-corrected chi connectivity index (χ0v) is 16.1. The lowest BCUT2D eigenvalue weighted by molar-refractivity contribution is 0.0475. The van der Waals surface area contributed by atoms with Crippen LogP contribution in [0, 0.1) is 13.8 Å². The van der Waals surface area contributed by atoms with Crippen LogP contribution in [0.3, 0.4) is 0 Å². The molecule has 0 spiro atoms. The fraction of sp³-hybridized carbons (Fsp3) is 0.368. The highest BCUT2D eigenvalue weighted by Crippen LogP contribution is 2.22. The molecule has 0 fully saturated rings. The standard InChI is InChI=1S/C19H23ClN2O4/c1-11-7-16(13(3)22(11)12(2)9-25-4)18(23)10-26-19(24)15-6-5-14(20)8-17(15)21/h5-8,12H,9-10,21H2,1-4H3/t12-/m0/s1. The van der Waals surface area contributed by atoms with Gasteiger partial charge in [-0.3, -0.25) is 4.79 Å². The molecule has 1 aromatic heterocycles. The van der Waals surface area contributed by atoms with Crippen LogP contribution >= 0.6 is 11.6 Å². The zero-order chi connectivity index (χ0) is 19.4. The summed E-state index contributed by atoms with van der Waals surface area (Å²) in [7, 11) is 1.64. The van der Waals surface area contributed by atoms with E-state index in [1.165, 1.54) is 12.1 Å². The number of nitrogen functional groups attached to an aromatic ring is 1. The van der Waals surface area contributed by atoms with Gasteiger partial charge in [-0.15, -0.1) is 0 Å². The maximum atomic E-state index is 12.5. The van der Waals surface area contributed by atoms with Crippen molar-refractivity contribution >= 4 is 29.0 Å². The van der Waals surface area contributed by atoms with Crippen molar-refractivity contribution in [3.05, 3.63) is 51.8 Å². The molecular formula is C19H23ClN2O4. The lowest BCUT2D eigenvalue weighted by Crippen LogP contribution is -2.17. The molecule has 1 atom stereocenters. The number of halogens is 1. The predicted octanol–water partition coefficient (Wildman–Crippen LogP) is 3.59. The molecule has 2 N–H and O–H groups in total. The van der Waals surface area contributed by atoms with Crippen LogP contribution in [0.25, 0.3) is 0 Å². The molecule has 0 bridgehead atoms. The molecule has 26 heavy (non-hydrogen) atoms. The summed E-state index contributed by atoms with van der Waals surface area (Å²) < 4.78 is 12.4. The number of ketones is 1. The summed E-state index contributed by atoms with van der Waals surface area (Å²) >= 11 is 5.81. The first-order chi connectivity index (χ1) is 12.3. The smallest absolute Gasteiger partial charge is 0.340 e. The Hall–Kier alpha value is -2.31. The maximum Gasteiger partial charge on any atom is 0.340 e. The van der Waals surface area contributed by atoms with Gasteiger partial charge >= 0.3 is 5.97 Å². The Morgan fingerprint density at radius 1 is 1.23 bits per heavy atom. The summed E-state index contributed by atoms with van der Waals surface area (Å²) in [5.41, 5.74) is 8.45. The Balaban J connectivity index is 2.11. The van der Waals surface area contributed by atoms with E-state index in [9.17, 15) is 9.59 Å². The first kappa shape index (κ1) is 20.0. The number of hydrogen-bond acceptors (Lipinski definition) is 5. The quantitative estimate of drug-likeness (QED) is 0.452. The van der Waals surface area contributed by atoms with Gasteiger partial charge in [-0.05, 0) is 45.0 Å². The summed E-state index contributed by atoms with van der Waals surface area (Å²) in [5.74, 6) is -0.927. The second-order valence-electron chi connectivity index (χ2n) is 6.19. The van der Waals surface area contributed by atoms with Crippen molar-refractivity contribution in [1.82, 2.24) is 4.57 Å². The van der Waals surface area contributed by atoms with E-state index in [1.54, 1.807) is 19.2 Å². The first-order valence-electron chi connectivity index (χ1n) is 8.19. The number of benzene rings is 1. The van der Waals surface area contributed by atoms with Crippen LogP contribution in [0.1, 0.15) is 45.1 Å². The minimum absolute atomic E-state index is 0.0953. The van der Waals surface area contributed by atoms with Gasteiger partial charge in [0.15, 0.2) is 6.61 Å². The van der Waals surface area contributed by atoms with Crippen LogP contribution in [0.5, 0.6) is 0 Å². The number of aromatic nitrogens is 1. The topological polar surface area (TPSA) is 83.5 Å². The van der Waals surface area contributed by atoms with Crippen LogP contribution in [0.15, 0.2) is 24.3 Å². The van der Waals surface area contributed by atoms with Crippen molar-refractivity contribution in [3.63, 3.8) is 0 Å². The van der Waals surface area contributed by atoms with Crippen molar-refractivity contribution < 1.29 is 19.1 Å². The summed E-state index contributed by atoms with van der Waals surface area (Å²) in [6.45, 7) is 5.99. The Morgan fingerprint density at radius 3 is 2.54 bits per heavy atom. The maximum absolute atomic E-state index is 12.5. The molecule has 0 unspecified atom stereocenters. The Bertz CT molecular complexity index is 829. The summed E-state index contributed by atoms with van der Waals surface area (Å²) in [4.78, 5) is 24.7. The van der Waals surface area contributed by atoms with Gasteiger partial charge in [-0.1, -0.05) is 11.6 Å². The van der Waals surface area contributed by atoms with Crippen molar-refractivity contribution in [2.75, 3.05) is 26.1 Å². The summed E-state index contributed by atoms with van der Waals surface area (Å²) in [5, 5.41) is 0.424. The number of methoxy groups -OCH3 is 1. The number of hydrogen-bond donors (Lipinski definition) is 1. The average molecular weight is 379 g/mol. The minimum Gasteiger partial charge on any atom is -0.454 e. The van der Waals surface area contributed by atoms with Crippen molar-refractivity contribution in [1.29, 1.82) is 0 Å². The lowest BCUT2D eigenvalue weighted by Gasteiger charge is -2.17. The first-order valence-corrected chi connectivity index (χ1v) is 8.56. The fourth-order valence-corrected chi connectivity index (χ4v) is 3.24. The highest BCUT2D eigenvalue weighted by molar-refractivity contribution is 6.31. The normalized spacial score (nSPS) is 12.0. The van der Waals surface area contributed by atoms with Gasteiger partial charge in [0, 0.05) is 34.8 Å². The van der Waals surface area contributed by atoms with Crippen LogP contribution in [-0.4, -0.2) is 36.6 Å². The second-order valence-corrected chi connectivity index (χ2v) is 6.63. The number of aryl methyl sites for hydroxylation is 1. The summed E-state index contributed by atoms with van der Waals surface area (Å²) in [6.07, 6.45) is 0. The van der Waals surface area contributed by atoms with Gasteiger partial charge in [0.2, 0.25) is 5.78 Å². The van der Waals surface area contributed by atoms with Gasteiger partial charge in [0.05, 0.1) is 18.2 Å². The van der Waals surface area contributed by atoms with Gasteiger partial charge in [0.1, 0.15) is 0 Å². The van der Waals surface area contributed by atoms with E-state index in [4.69, 9.17) is 26.8 Å². The molecule has 0 amide bonds. The van der Waals surface area contributed by atoms with E-state index in [0.717, 1.165) is 11.4 Å². The van der Waals surface area contributed by atoms with Gasteiger partial charge in [-0.2, -0.15) is 0 Å². The highest BCUT2D eigenvalue weighted by atomic mass is 35.5. The molecule has 2 aromatic rings. The number of anilines is 1. The van der Waals surface area contributed by atoms with E-state index >= 15 is 0 Å². The van der Waals surface area contributed by atoms with Gasteiger partial charge < -0.3 is 19.8 Å². The molecule has 2 rings (SSSR count). The number of carbonyl (C=O) groups excluding carboxylic acids is 2. The molecule has 1 aromatic carbocycles. The number of Topliss-reactive ketones (excluding diaryl/α,β-unsaturated/α-hetero) is 1. The average Bonchev–Trinajstić information content (AvgIpc) is 2.87. The molecule has 0 aliphatic rings. The number of rotatable bonds is 7. The van der Waals surface area contributed by atoms with Crippen LogP contribution < -0.4 is 5.73 Å². The van der Waals surface area contributed by atoms with Crippen LogP contribution in [0.4, 0.5) is 5.69 Å². The third-order valence-corrected chi connectivity index (χ3v) is 4.44. The van der Waals surface area contributed by atoms with Crippen molar-refractivity contribution in [2.24, 2.45) is 0 Å². The third-order valence-electron chi connectivity index (χ3n) is 4.20. The number of nitrogens with two attached hydrogens (primary N) is 1. The molecule has 7 heteroatoms. The Morgan fingerprint density at radius 2 is 1.92 bits per heavy atom. The third kappa shape index (κ3) is 4.26. The SMILES string of the molecule is COC[C@H](C)n1c(C)cc(C(=O)COC(=O)c2ccc(Cl)cc2N)c1C. The van der Waals surface area contributed by atoms with Crippen molar-refractivity contribution in [3.8, 4) is 0 Å². The zero-order valence-electron chi connectivity index (χ0n) is 15.3. The van der Waals surface area contributed by atoms with E-state index < -0.39 is 5.97 Å². The monoisotopic (exact) mass is 378 g/mol. The fourth-order valence-electron chi connectivity index (χ4n) is 3.06. The molecule has 0 aliphatic carbocycles. The molecule has 1 heterocycles. The minimum atomic E-state index is -0.658. The number of carbonyl (C=O) groups is 2. The van der Waals surface area contributed by atoms with Gasteiger partial charge in [0.25, 0.3) is 0 Å². The van der Waals surface area contributed by atoms with E-state index in [-0.39, 0.29) is 29.7 Å². The van der Waals surface area contributed by atoms with Gasteiger partial charge in [-0.25, -0.2) is 4.79 Å². The second kappa shape index (κ2) is 8.38. The number of nitrogens with zero attached hydrogens (tertiary/aromatic N) is 1. The molecule has 0 saturated carbocycles.